The molecule has 2 N–H and O–H groups in total. The van der Waals surface area contributed by atoms with Gasteiger partial charge in [-0.15, -0.1) is 0 Å². The quantitative estimate of drug-likeness (QED) is 0.847. The first-order chi connectivity index (χ1) is 8.58. The minimum Gasteiger partial charge on any atom is -0.396 e. The lowest BCUT2D eigenvalue weighted by Gasteiger charge is -2.14. The molecule has 0 aliphatic carbocycles. The topological polar surface area (TPSA) is 49.3 Å². The summed E-state index contributed by atoms with van der Waals surface area (Å²) in [7, 11) is 0. The molecule has 0 radical (unpaired) electrons. The van der Waals surface area contributed by atoms with Gasteiger partial charge in [0.15, 0.2) is 0 Å². The second-order valence-corrected chi connectivity index (χ2v) is 5.04. The Morgan fingerprint density at radius 3 is 2.83 bits per heavy atom. The number of hydrogen-bond donors (Lipinski definition) is 2. The second kappa shape index (κ2) is 7.48. The van der Waals surface area contributed by atoms with E-state index in [-0.39, 0.29) is 18.1 Å². The Morgan fingerprint density at radius 1 is 1.56 bits per heavy atom. The summed E-state index contributed by atoms with van der Waals surface area (Å²) in [5, 5.41) is 11.5. The van der Waals surface area contributed by atoms with E-state index in [1.165, 1.54) is 12.1 Å². The van der Waals surface area contributed by atoms with E-state index in [0.29, 0.717) is 17.4 Å². The van der Waals surface area contributed by atoms with Crippen LogP contribution in [0.4, 0.5) is 4.39 Å². The summed E-state index contributed by atoms with van der Waals surface area (Å²) in [5.74, 6) is -0.745. The van der Waals surface area contributed by atoms with Gasteiger partial charge in [-0.05, 0) is 30.5 Å². The fourth-order valence-corrected chi connectivity index (χ4v) is 1.97. The zero-order chi connectivity index (χ0) is 13.5. The molecule has 5 heteroatoms. The Morgan fingerprint density at radius 2 is 2.28 bits per heavy atom. The number of amides is 1. The molecule has 0 heterocycles. The highest BCUT2D eigenvalue weighted by Crippen LogP contribution is 2.15. The van der Waals surface area contributed by atoms with Crippen molar-refractivity contribution >= 4 is 21.8 Å². The number of hydrogen-bond acceptors (Lipinski definition) is 2. The minimum atomic E-state index is -0.544. The molecule has 0 saturated heterocycles. The summed E-state index contributed by atoms with van der Waals surface area (Å²) in [6.07, 6.45) is 1.50. The smallest absolute Gasteiger partial charge is 0.254 e. The molecule has 1 amide bonds. The molecule has 0 aromatic heterocycles. The van der Waals surface area contributed by atoms with E-state index < -0.39 is 11.7 Å². The first-order valence-electron chi connectivity index (χ1n) is 5.92. The molecule has 18 heavy (non-hydrogen) atoms. The van der Waals surface area contributed by atoms with Gasteiger partial charge in [-0.1, -0.05) is 29.3 Å². The van der Waals surface area contributed by atoms with Crippen LogP contribution in [0.1, 0.15) is 30.1 Å². The molecule has 1 atom stereocenters. The molecule has 3 nitrogen and oxygen atoms in total. The highest BCUT2D eigenvalue weighted by Gasteiger charge is 2.13. The van der Waals surface area contributed by atoms with Crippen LogP contribution in [-0.4, -0.2) is 24.2 Å². The van der Waals surface area contributed by atoms with Crippen molar-refractivity contribution in [1.29, 1.82) is 0 Å². The highest BCUT2D eigenvalue weighted by molar-refractivity contribution is 9.10. The predicted octanol–water partition coefficient (Wildman–Crippen LogP) is 2.73. The second-order valence-electron chi connectivity index (χ2n) is 4.12. The standard InChI is InChI=1S/C13H17BrFNO2/c1-2-9(5-6-17)8-16-13(18)11-4-3-10(14)7-12(11)15/h3-4,7,9,17H,2,5-6,8H2,1H3,(H,16,18). The SMILES string of the molecule is CCC(CCO)CNC(=O)c1ccc(Br)cc1F. The molecular formula is C13H17BrFNO2. The Labute approximate surface area is 115 Å². The van der Waals surface area contributed by atoms with E-state index in [9.17, 15) is 9.18 Å². The molecule has 1 unspecified atom stereocenters. The van der Waals surface area contributed by atoms with Gasteiger partial charge in [0.25, 0.3) is 5.91 Å². The number of rotatable bonds is 6. The van der Waals surface area contributed by atoms with Crippen molar-refractivity contribution in [2.45, 2.75) is 19.8 Å². The molecule has 1 aromatic carbocycles. The predicted molar refractivity (Wildman–Crippen MR) is 71.9 cm³/mol. The van der Waals surface area contributed by atoms with E-state index in [4.69, 9.17) is 5.11 Å². The van der Waals surface area contributed by atoms with E-state index in [0.717, 1.165) is 6.42 Å². The van der Waals surface area contributed by atoms with Gasteiger partial charge >= 0.3 is 0 Å². The van der Waals surface area contributed by atoms with Gasteiger partial charge in [-0.25, -0.2) is 4.39 Å². The van der Waals surface area contributed by atoms with Crippen LogP contribution in [0.5, 0.6) is 0 Å². The van der Waals surface area contributed by atoms with Crippen molar-refractivity contribution in [2.24, 2.45) is 5.92 Å². The maximum atomic E-state index is 13.5. The average Bonchev–Trinajstić information content (AvgIpc) is 2.34. The summed E-state index contributed by atoms with van der Waals surface area (Å²) in [6, 6.07) is 4.34. The van der Waals surface area contributed by atoms with E-state index >= 15 is 0 Å². The Bertz CT molecular complexity index is 412. The van der Waals surface area contributed by atoms with Gasteiger partial charge in [0.1, 0.15) is 5.82 Å². The lowest BCUT2D eigenvalue weighted by molar-refractivity contribution is 0.0939. The summed E-state index contributed by atoms with van der Waals surface area (Å²) >= 11 is 3.14. The summed E-state index contributed by atoms with van der Waals surface area (Å²) in [6.45, 7) is 2.54. The summed E-state index contributed by atoms with van der Waals surface area (Å²) < 4.78 is 14.1. The average molecular weight is 318 g/mol. The van der Waals surface area contributed by atoms with Crippen molar-refractivity contribution < 1.29 is 14.3 Å². The Balaban J connectivity index is 2.59. The van der Waals surface area contributed by atoms with E-state index in [1.807, 2.05) is 6.92 Å². The third-order valence-electron chi connectivity index (χ3n) is 2.84. The van der Waals surface area contributed by atoms with Crippen molar-refractivity contribution in [3.8, 4) is 0 Å². The fourth-order valence-electron chi connectivity index (χ4n) is 1.64. The molecular weight excluding hydrogens is 301 g/mol. The number of carbonyl (C=O) groups excluding carboxylic acids is 1. The number of carbonyl (C=O) groups is 1. The van der Waals surface area contributed by atoms with Crippen LogP contribution in [-0.2, 0) is 0 Å². The normalized spacial score (nSPS) is 12.2. The summed E-state index contributed by atoms with van der Waals surface area (Å²) in [5.41, 5.74) is 0.0389. The molecule has 0 fully saturated rings. The first kappa shape index (κ1) is 15.1. The molecule has 0 aliphatic heterocycles. The zero-order valence-corrected chi connectivity index (χ0v) is 11.8. The van der Waals surface area contributed by atoms with Crippen LogP contribution in [0.3, 0.4) is 0 Å². The Kier molecular flexibility index (Phi) is 6.29. The minimum absolute atomic E-state index is 0.0389. The van der Waals surface area contributed by atoms with Crippen LogP contribution < -0.4 is 5.32 Å². The molecule has 0 spiro atoms. The van der Waals surface area contributed by atoms with E-state index in [1.54, 1.807) is 6.07 Å². The molecule has 1 rings (SSSR count). The molecule has 0 aliphatic rings. The van der Waals surface area contributed by atoms with Crippen molar-refractivity contribution in [1.82, 2.24) is 5.32 Å². The molecule has 100 valence electrons. The maximum Gasteiger partial charge on any atom is 0.254 e. The van der Waals surface area contributed by atoms with Crippen LogP contribution >= 0.6 is 15.9 Å². The van der Waals surface area contributed by atoms with Crippen molar-refractivity contribution in [3.63, 3.8) is 0 Å². The molecule has 0 saturated carbocycles. The van der Waals surface area contributed by atoms with Gasteiger partial charge in [0.2, 0.25) is 0 Å². The van der Waals surface area contributed by atoms with Crippen LogP contribution in [0.2, 0.25) is 0 Å². The third-order valence-corrected chi connectivity index (χ3v) is 3.34. The van der Waals surface area contributed by atoms with Crippen LogP contribution in [0, 0.1) is 11.7 Å². The number of aliphatic hydroxyl groups is 1. The number of nitrogens with one attached hydrogen (secondary N) is 1. The van der Waals surface area contributed by atoms with Crippen molar-refractivity contribution in [3.05, 3.63) is 34.1 Å². The summed E-state index contributed by atoms with van der Waals surface area (Å²) in [4.78, 5) is 11.8. The molecule has 0 bridgehead atoms. The lowest BCUT2D eigenvalue weighted by Crippen LogP contribution is -2.30. The highest BCUT2D eigenvalue weighted by atomic mass is 79.9. The van der Waals surface area contributed by atoms with Gasteiger partial charge < -0.3 is 10.4 Å². The van der Waals surface area contributed by atoms with Crippen LogP contribution in [0.25, 0.3) is 0 Å². The zero-order valence-electron chi connectivity index (χ0n) is 10.2. The first-order valence-corrected chi connectivity index (χ1v) is 6.71. The number of aliphatic hydroxyl groups excluding tert-OH is 1. The van der Waals surface area contributed by atoms with Gasteiger partial charge in [0.05, 0.1) is 5.56 Å². The van der Waals surface area contributed by atoms with Crippen molar-refractivity contribution in [2.75, 3.05) is 13.2 Å². The van der Waals surface area contributed by atoms with Gasteiger partial charge in [-0.2, -0.15) is 0 Å². The fraction of sp³-hybridized carbons (Fsp3) is 0.462. The van der Waals surface area contributed by atoms with E-state index in [2.05, 4.69) is 21.2 Å². The lowest BCUT2D eigenvalue weighted by atomic mass is 10.0. The largest absolute Gasteiger partial charge is 0.396 e. The maximum absolute atomic E-state index is 13.5. The third kappa shape index (κ3) is 4.38. The monoisotopic (exact) mass is 317 g/mol. The van der Waals surface area contributed by atoms with Gasteiger partial charge in [-0.3, -0.25) is 4.79 Å². The number of benzene rings is 1. The Hall–Kier alpha value is -0.940. The number of halogens is 2. The molecule has 1 aromatic rings. The van der Waals surface area contributed by atoms with Gasteiger partial charge in [0, 0.05) is 17.6 Å². The van der Waals surface area contributed by atoms with Crippen LogP contribution in [0.15, 0.2) is 22.7 Å².